The van der Waals surface area contributed by atoms with Crippen molar-refractivity contribution in [3.05, 3.63) is 0 Å². The molecule has 0 saturated carbocycles. The number of Topliss-reactive ketones (excluding diaryl/α,β-unsaturated/α-hetero) is 1. The Balaban J connectivity index is 4.91. The summed E-state index contributed by atoms with van der Waals surface area (Å²) in [6.45, 7) is 4.97. The fraction of sp³-hybridized carbons (Fsp3) is 0.786. The molecule has 0 aromatic heterocycles. The van der Waals surface area contributed by atoms with E-state index in [1.54, 1.807) is 20.8 Å². The Kier molecular flexibility index (Phi) is 8.04. The molecule has 0 rings (SSSR count). The summed E-state index contributed by atoms with van der Waals surface area (Å²) in [4.78, 5) is 26.9. The maximum atomic E-state index is 12.0. The van der Waals surface area contributed by atoms with Crippen LogP contribution in [0.1, 0.15) is 46.5 Å². The second-order valence-electron chi connectivity index (χ2n) is 5.45. The van der Waals surface area contributed by atoms with Gasteiger partial charge in [-0.05, 0) is 26.2 Å². The normalized spacial score (nSPS) is 16.8. The smallest absolute Gasteiger partial charge is 0.306 e. The van der Waals surface area contributed by atoms with Crippen molar-refractivity contribution in [2.75, 3.05) is 6.61 Å². The molecule has 0 bridgehead atoms. The molecule has 0 radical (unpaired) electrons. The first-order valence-electron chi connectivity index (χ1n) is 6.72. The number of nitriles is 1. The first kappa shape index (κ1) is 18.6. The molecule has 6 heteroatoms. The van der Waals surface area contributed by atoms with Crippen molar-refractivity contribution in [1.29, 1.82) is 5.26 Å². The number of aliphatic carboxylic acids is 1. The number of carbonyl (C=O) groups is 2. The first-order valence-corrected chi connectivity index (χ1v) is 6.72. The Labute approximate surface area is 119 Å². The van der Waals surface area contributed by atoms with Gasteiger partial charge in [0.1, 0.15) is 5.78 Å². The van der Waals surface area contributed by atoms with Gasteiger partial charge in [0.05, 0.1) is 24.0 Å². The highest BCUT2D eigenvalue weighted by Crippen LogP contribution is 2.33. The molecular formula is C14H23NO5. The third kappa shape index (κ3) is 6.13. The van der Waals surface area contributed by atoms with E-state index in [2.05, 4.69) is 11.0 Å². The van der Waals surface area contributed by atoms with Crippen molar-refractivity contribution in [3.63, 3.8) is 0 Å². The van der Waals surface area contributed by atoms with Crippen LogP contribution in [0.2, 0.25) is 0 Å². The summed E-state index contributed by atoms with van der Waals surface area (Å²) in [6, 6.07) is 2.13. The Bertz CT molecular complexity index is 376. The summed E-state index contributed by atoms with van der Waals surface area (Å²) < 4.78 is 0. The van der Waals surface area contributed by atoms with Crippen molar-refractivity contribution in [1.82, 2.24) is 0 Å². The molecule has 0 amide bonds. The molecule has 114 valence electrons. The van der Waals surface area contributed by atoms with E-state index in [1.807, 2.05) is 0 Å². The summed E-state index contributed by atoms with van der Waals surface area (Å²) >= 11 is 0. The van der Waals surface area contributed by atoms with Crippen LogP contribution in [0, 0.1) is 28.6 Å². The van der Waals surface area contributed by atoms with Crippen LogP contribution in [0.3, 0.4) is 0 Å². The first-order chi connectivity index (χ1) is 9.29. The van der Waals surface area contributed by atoms with Crippen LogP contribution in [0.25, 0.3) is 0 Å². The summed E-state index contributed by atoms with van der Waals surface area (Å²) in [5, 5.41) is 26.6. The number of carbonyl (C=O) groups excluding carboxylic acids is 1. The quantitative estimate of drug-likeness (QED) is 0.471. The van der Waals surface area contributed by atoms with E-state index in [0.29, 0.717) is 6.42 Å². The topological polar surface area (TPSA) is 108 Å². The molecule has 3 unspecified atom stereocenters. The summed E-state index contributed by atoms with van der Waals surface area (Å²) in [7, 11) is 0. The van der Waals surface area contributed by atoms with Gasteiger partial charge in [-0.25, -0.2) is 4.89 Å². The Hall–Kier alpha value is -1.45. The van der Waals surface area contributed by atoms with E-state index < -0.39 is 23.2 Å². The van der Waals surface area contributed by atoms with Crippen molar-refractivity contribution < 1.29 is 24.8 Å². The fourth-order valence-electron chi connectivity index (χ4n) is 2.16. The number of carboxylic acids is 1. The highest BCUT2D eigenvalue weighted by molar-refractivity contribution is 5.81. The third-order valence-electron chi connectivity index (χ3n) is 3.58. The average Bonchev–Trinajstić information content (AvgIpc) is 2.43. The molecule has 0 fully saturated rings. The van der Waals surface area contributed by atoms with Gasteiger partial charge >= 0.3 is 5.97 Å². The van der Waals surface area contributed by atoms with Crippen molar-refractivity contribution in [2.24, 2.45) is 17.3 Å². The van der Waals surface area contributed by atoms with Crippen LogP contribution in [0.4, 0.5) is 0 Å². The second kappa shape index (κ2) is 8.67. The molecule has 6 nitrogen and oxygen atoms in total. The van der Waals surface area contributed by atoms with Gasteiger partial charge in [0.25, 0.3) is 0 Å². The molecule has 0 heterocycles. The van der Waals surface area contributed by atoms with Crippen LogP contribution in [-0.2, 0) is 14.5 Å². The number of nitrogens with zero attached hydrogens (tertiary/aromatic N) is 1. The van der Waals surface area contributed by atoms with E-state index >= 15 is 0 Å². The van der Waals surface area contributed by atoms with Gasteiger partial charge in [0, 0.05) is 12.3 Å². The number of carboxylic acid groups (broad SMARTS) is 1. The number of hydrogen-bond acceptors (Lipinski definition) is 5. The van der Waals surface area contributed by atoms with E-state index in [0.717, 1.165) is 0 Å². The van der Waals surface area contributed by atoms with E-state index in [-0.39, 0.29) is 31.7 Å². The molecule has 0 aliphatic heterocycles. The van der Waals surface area contributed by atoms with Gasteiger partial charge < -0.3 is 5.11 Å². The maximum absolute atomic E-state index is 12.0. The minimum atomic E-state index is -0.948. The standard InChI is InChI=1S/C14H23NO5/c1-4-12(16)11(7-10(2)13(17)18)8-14(3,9-15)5-6-20-19/h10-11,19H,4-8H2,1-3H3,(H,17,18). The third-order valence-corrected chi connectivity index (χ3v) is 3.58. The molecule has 0 spiro atoms. The van der Waals surface area contributed by atoms with E-state index in [4.69, 9.17) is 10.4 Å². The Morgan fingerprint density at radius 1 is 1.45 bits per heavy atom. The van der Waals surface area contributed by atoms with Crippen LogP contribution < -0.4 is 0 Å². The lowest BCUT2D eigenvalue weighted by Gasteiger charge is -2.27. The summed E-state index contributed by atoms with van der Waals surface area (Å²) in [5.41, 5.74) is -0.823. The molecule has 20 heavy (non-hydrogen) atoms. The lowest BCUT2D eigenvalue weighted by atomic mass is 9.75. The number of rotatable bonds is 10. The van der Waals surface area contributed by atoms with Gasteiger partial charge in [-0.15, -0.1) is 0 Å². The lowest BCUT2D eigenvalue weighted by Crippen LogP contribution is -2.28. The van der Waals surface area contributed by atoms with E-state index in [1.165, 1.54) is 0 Å². The molecule has 2 N–H and O–H groups in total. The highest BCUT2D eigenvalue weighted by atomic mass is 17.1. The molecule has 0 aromatic rings. The van der Waals surface area contributed by atoms with Crippen LogP contribution in [-0.4, -0.2) is 28.7 Å². The maximum Gasteiger partial charge on any atom is 0.306 e. The molecular weight excluding hydrogens is 262 g/mol. The Morgan fingerprint density at radius 2 is 2.05 bits per heavy atom. The van der Waals surface area contributed by atoms with Gasteiger partial charge in [-0.2, -0.15) is 5.26 Å². The van der Waals surface area contributed by atoms with Crippen molar-refractivity contribution >= 4 is 11.8 Å². The zero-order valence-electron chi connectivity index (χ0n) is 12.3. The highest BCUT2D eigenvalue weighted by Gasteiger charge is 2.32. The van der Waals surface area contributed by atoms with Crippen LogP contribution in [0.15, 0.2) is 0 Å². The zero-order chi connectivity index (χ0) is 15.8. The van der Waals surface area contributed by atoms with Crippen molar-refractivity contribution in [3.8, 4) is 6.07 Å². The van der Waals surface area contributed by atoms with Crippen molar-refractivity contribution in [2.45, 2.75) is 46.5 Å². The zero-order valence-corrected chi connectivity index (χ0v) is 12.3. The molecule has 0 aliphatic carbocycles. The lowest BCUT2D eigenvalue weighted by molar-refractivity contribution is -0.245. The summed E-state index contributed by atoms with van der Waals surface area (Å²) in [6.07, 6.45) is 1.10. The molecule has 3 atom stereocenters. The van der Waals surface area contributed by atoms with Gasteiger partial charge in [-0.1, -0.05) is 13.8 Å². The van der Waals surface area contributed by atoms with Crippen LogP contribution >= 0.6 is 0 Å². The molecule has 0 aromatic carbocycles. The Morgan fingerprint density at radius 3 is 2.45 bits per heavy atom. The second-order valence-corrected chi connectivity index (χ2v) is 5.45. The molecule has 0 saturated heterocycles. The van der Waals surface area contributed by atoms with Gasteiger partial charge in [0.15, 0.2) is 0 Å². The predicted molar refractivity (Wildman–Crippen MR) is 71.7 cm³/mol. The van der Waals surface area contributed by atoms with Gasteiger partial charge in [0.2, 0.25) is 0 Å². The van der Waals surface area contributed by atoms with Crippen LogP contribution in [0.5, 0.6) is 0 Å². The monoisotopic (exact) mass is 285 g/mol. The summed E-state index contributed by atoms with van der Waals surface area (Å²) in [5.74, 6) is -2.08. The molecule has 0 aliphatic rings. The van der Waals surface area contributed by atoms with E-state index in [9.17, 15) is 14.9 Å². The minimum absolute atomic E-state index is 0.00554. The number of hydrogen-bond donors (Lipinski definition) is 2. The SMILES string of the molecule is CCC(=O)C(CC(C)C(=O)O)CC(C)(C#N)CCOO. The number of ketones is 1. The fourth-order valence-corrected chi connectivity index (χ4v) is 2.16. The average molecular weight is 285 g/mol. The van der Waals surface area contributed by atoms with Gasteiger partial charge in [-0.3, -0.25) is 14.8 Å². The predicted octanol–water partition coefficient (Wildman–Crippen LogP) is 2.49. The largest absolute Gasteiger partial charge is 0.481 e. The minimum Gasteiger partial charge on any atom is -0.481 e.